The van der Waals surface area contributed by atoms with Gasteiger partial charge in [-0.05, 0) is 24.6 Å². The first kappa shape index (κ1) is 16.1. The van der Waals surface area contributed by atoms with Gasteiger partial charge in [-0.25, -0.2) is 0 Å². The molecule has 2 aromatic heterocycles. The van der Waals surface area contributed by atoms with Gasteiger partial charge in [0, 0.05) is 24.8 Å². The van der Waals surface area contributed by atoms with Crippen molar-refractivity contribution in [3.63, 3.8) is 0 Å². The molecule has 8 heteroatoms. The molecule has 0 radical (unpaired) electrons. The van der Waals surface area contributed by atoms with E-state index < -0.39 is 0 Å². The quantitative estimate of drug-likeness (QED) is 0.598. The number of hydrogen-bond acceptors (Lipinski definition) is 4. The zero-order valence-electron chi connectivity index (χ0n) is 12.7. The second-order valence-corrected chi connectivity index (χ2v) is 5.65. The normalized spacial score (nSPS) is 10.7. The first-order chi connectivity index (χ1) is 11.6. The minimum atomic E-state index is -0.248. The molecule has 0 aliphatic carbocycles. The van der Waals surface area contributed by atoms with Gasteiger partial charge in [0.1, 0.15) is 11.4 Å². The smallest absolute Gasteiger partial charge is 0.269 e. The highest BCUT2D eigenvalue weighted by atomic mass is 35.5. The molecule has 1 amide bonds. The molecular weight excluding hydrogens is 330 g/mol. The molecule has 3 N–H and O–H groups in total. The minimum absolute atomic E-state index is 0.119. The molecule has 0 aliphatic rings. The number of amides is 1. The molecule has 0 spiro atoms. The van der Waals surface area contributed by atoms with Gasteiger partial charge in [-0.2, -0.15) is 10.2 Å². The average molecular weight is 346 g/mol. The number of rotatable bonds is 6. The van der Waals surface area contributed by atoms with E-state index in [0.29, 0.717) is 35.1 Å². The van der Waals surface area contributed by atoms with Crippen LogP contribution in [-0.4, -0.2) is 37.5 Å². The summed E-state index contributed by atoms with van der Waals surface area (Å²) in [5.74, 6) is -0.128. The summed E-state index contributed by atoms with van der Waals surface area (Å²) in [6.45, 7) is 1.17. The molecule has 0 aliphatic heterocycles. The van der Waals surface area contributed by atoms with E-state index in [1.54, 1.807) is 47.4 Å². The fourth-order valence-corrected chi connectivity index (χ4v) is 2.42. The van der Waals surface area contributed by atoms with Crippen LogP contribution in [-0.2, 0) is 6.54 Å². The topological polar surface area (TPSA) is 95.8 Å². The van der Waals surface area contributed by atoms with Gasteiger partial charge in [-0.3, -0.25) is 14.6 Å². The number of nitrogens with one attached hydrogen (secondary N) is 2. The third kappa shape index (κ3) is 3.75. The second-order valence-electron chi connectivity index (χ2n) is 5.22. The van der Waals surface area contributed by atoms with E-state index in [0.717, 1.165) is 6.42 Å². The van der Waals surface area contributed by atoms with Gasteiger partial charge >= 0.3 is 0 Å². The maximum atomic E-state index is 12.1. The molecule has 0 fully saturated rings. The van der Waals surface area contributed by atoms with Crippen molar-refractivity contribution in [2.75, 3.05) is 6.54 Å². The number of phenolic OH excluding ortho intramolecular Hbond substituents is 1. The number of aromatic hydroxyl groups is 1. The lowest BCUT2D eigenvalue weighted by atomic mass is 10.1. The zero-order chi connectivity index (χ0) is 16.9. The summed E-state index contributed by atoms with van der Waals surface area (Å²) in [6, 6.07) is 8.45. The van der Waals surface area contributed by atoms with Gasteiger partial charge < -0.3 is 10.4 Å². The monoisotopic (exact) mass is 345 g/mol. The van der Waals surface area contributed by atoms with Crippen LogP contribution in [0, 0.1) is 0 Å². The van der Waals surface area contributed by atoms with Gasteiger partial charge in [0.25, 0.3) is 5.91 Å². The van der Waals surface area contributed by atoms with Gasteiger partial charge in [0.15, 0.2) is 0 Å². The molecule has 7 nitrogen and oxygen atoms in total. The lowest BCUT2D eigenvalue weighted by Crippen LogP contribution is -2.25. The van der Waals surface area contributed by atoms with E-state index in [2.05, 4.69) is 20.6 Å². The van der Waals surface area contributed by atoms with Crippen molar-refractivity contribution in [2.45, 2.75) is 13.0 Å². The van der Waals surface area contributed by atoms with Crippen LogP contribution in [0.2, 0.25) is 5.02 Å². The number of phenols is 1. The number of nitrogens with zero attached hydrogens (tertiary/aromatic N) is 3. The number of carbonyl (C=O) groups is 1. The summed E-state index contributed by atoms with van der Waals surface area (Å²) in [4.78, 5) is 12.1. The maximum absolute atomic E-state index is 12.1. The predicted molar refractivity (Wildman–Crippen MR) is 89.9 cm³/mol. The fourth-order valence-electron chi connectivity index (χ4n) is 2.27. The highest BCUT2D eigenvalue weighted by Gasteiger charge is 2.12. The number of para-hydroxylation sites is 1. The van der Waals surface area contributed by atoms with Gasteiger partial charge in [0.05, 0.1) is 16.9 Å². The van der Waals surface area contributed by atoms with Crippen LogP contribution in [0.5, 0.6) is 5.75 Å². The lowest BCUT2D eigenvalue weighted by molar-refractivity contribution is 0.0947. The Hall–Kier alpha value is -2.80. The van der Waals surface area contributed by atoms with Gasteiger partial charge in [-0.1, -0.05) is 23.7 Å². The summed E-state index contributed by atoms with van der Waals surface area (Å²) in [5, 5.41) is 24.0. The molecular formula is C16H16ClN5O2. The molecule has 0 saturated carbocycles. The van der Waals surface area contributed by atoms with Crippen LogP contribution in [0.4, 0.5) is 0 Å². The average Bonchev–Trinajstić information content (AvgIpc) is 3.21. The summed E-state index contributed by atoms with van der Waals surface area (Å²) in [7, 11) is 0. The lowest BCUT2D eigenvalue weighted by Gasteiger charge is -2.03. The molecule has 2 heterocycles. The number of aryl methyl sites for hydroxylation is 1. The molecule has 0 bridgehead atoms. The Bertz CT molecular complexity index is 842. The minimum Gasteiger partial charge on any atom is -0.507 e. The zero-order valence-corrected chi connectivity index (χ0v) is 13.5. The molecule has 3 rings (SSSR count). The number of H-pyrrole nitrogens is 1. The van der Waals surface area contributed by atoms with Crippen LogP contribution in [0.3, 0.4) is 0 Å². The van der Waals surface area contributed by atoms with Crippen molar-refractivity contribution in [3.05, 3.63) is 53.4 Å². The van der Waals surface area contributed by atoms with E-state index in [4.69, 9.17) is 11.6 Å². The Labute approximate surface area is 143 Å². The van der Waals surface area contributed by atoms with Crippen molar-refractivity contribution in [1.82, 2.24) is 25.3 Å². The Morgan fingerprint density at radius 1 is 1.38 bits per heavy atom. The van der Waals surface area contributed by atoms with Gasteiger partial charge in [0.2, 0.25) is 0 Å². The largest absolute Gasteiger partial charge is 0.507 e. The highest BCUT2D eigenvalue weighted by Crippen LogP contribution is 2.27. The van der Waals surface area contributed by atoms with Crippen LogP contribution in [0.15, 0.2) is 42.7 Å². The van der Waals surface area contributed by atoms with E-state index in [1.165, 1.54) is 0 Å². The van der Waals surface area contributed by atoms with E-state index in [-0.39, 0.29) is 11.7 Å². The number of benzene rings is 1. The molecule has 0 unspecified atom stereocenters. The Morgan fingerprint density at radius 2 is 2.21 bits per heavy atom. The maximum Gasteiger partial charge on any atom is 0.269 e. The van der Waals surface area contributed by atoms with E-state index in [1.807, 2.05) is 0 Å². The first-order valence-electron chi connectivity index (χ1n) is 7.43. The van der Waals surface area contributed by atoms with E-state index in [9.17, 15) is 9.90 Å². The molecule has 124 valence electrons. The number of halogens is 1. The van der Waals surface area contributed by atoms with Crippen LogP contribution >= 0.6 is 11.6 Å². The summed E-state index contributed by atoms with van der Waals surface area (Å²) in [5.41, 5.74) is 1.43. The van der Waals surface area contributed by atoms with Crippen LogP contribution in [0.1, 0.15) is 16.9 Å². The number of aromatic amines is 1. The Morgan fingerprint density at radius 3 is 2.96 bits per heavy atom. The Balaban J connectivity index is 1.53. The first-order valence-corrected chi connectivity index (χ1v) is 7.81. The predicted octanol–water partition coefficient (Wildman–Crippen LogP) is 2.45. The Kier molecular flexibility index (Phi) is 4.81. The fraction of sp³-hybridized carbons (Fsp3) is 0.188. The van der Waals surface area contributed by atoms with Crippen molar-refractivity contribution >= 4 is 17.5 Å². The van der Waals surface area contributed by atoms with Crippen molar-refractivity contribution < 1.29 is 9.90 Å². The van der Waals surface area contributed by atoms with Crippen molar-refractivity contribution in [3.8, 4) is 17.0 Å². The number of aromatic nitrogens is 4. The standard InChI is InChI=1S/C16H16ClN5O2/c17-11-9-19-22(10-11)7-3-6-18-16(24)14-8-13(20-21-14)12-4-1-2-5-15(12)23/h1-2,4-5,8-10,23H,3,6-7H2,(H,18,24)(H,20,21). The number of hydrogen-bond donors (Lipinski definition) is 3. The van der Waals surface area contributed by atoms with Crippen molar-refractivity contribution in [1.29, 1.82) is 0 Å². The van der Waals surface area contributed by atoms with E-state index >= 15 is 0 Å². The molecule has 24 heavy (non-hydrogen) atoms. The van der Waals surface area contributed by atoms with Crippen molar-refractivity contribution in [2.24, 2.45) is 0 Å². The summed E-state index contributed by atoms with van der Waals surface area (Å²) in [6.07, 6.45) is 4.03. The van der Waals surface area contributed by atoms with Crippen LogP contribution in [0.25, 0.3) is 11.3 Å². The summed E-state index contributed by atoms with van der Waals surface area (Å²) < 4.78 is 1.72. The molecule has 0 saturated heterocycles. The third-order valence-electron chi connectivity index (χ3n) is 3.45. The van der Waals surface area contributed by atoms with Gasteiger partial charge in [-0.15, -0.1) is 0 Å². The van der Waals surface area contributed by atoms with Crippen LogP contribution < -0.4 is 5.32 Å². The summed E-state index contributed by atoms with van der Waals surface area (Å²) >= 11 is 5.79. The SMILES string of the molecule is O=C(NCCCn1cc(Cl)cn1)c1cc(-c2ccccc2O)n[nH]1. The second kappa shape index (κ2) is 7.18. The highest BCUT2D eigenvalue weighted by molar-refractivity contribution is 6.30. The number of carbonyl (C=O) groups excluding carboxylic acids is 1. The third-order valence-corrected chi connectivity index (χ3v) is 3.65. The molecule has 3 aromatic rings. The molecule has 1 aromatic carbocycles. The molecule has 0 atom stereocenters.